The minimum absolute atomic E-state index is 0.207. The Bertz CT molecular complexity index is 406. The molecule has 0 fully saturated rings. The van der Waals surface area contributed by atoms with Crippen LogP contribution in [0, 0.1) is 0 Å². The van der Waals surface area contributed by atoms with Crippen LogP contribution in [0.4, 0.5) is 0 Å². The SMILES string of the molecule is O=C(/C(Br)=N/O)c1ccc(Cl)cc1Cl. The van der Waals surface area contributed by atoms with Crippen LogP contribution in [0.2, 0.25) is 10.0 Å². The highest BCUT2D eigenvalue weighted by atomic mass is 79.9. The lowest BCUT2D eigenvalue weighted by molar-refractivity contribution is 0.106. The zero-order chi connectivity index (χ0) is 10.7. The highest BCUT2D eigenvalue weighted by molar-refractivity contribution is 9.19. The molecular weight excluding hydrogens is 293 g/mol. The van der Waals surface area contributed by atoms with Crippen molar-refractivity contribution in [1.29, 1.82) is 0 Å². The van der Waals surface area contributed by atoms with Gasteiger partial charge in [0.05, 0.1) is 5.02 Å². The molecule has 0 heterocycles. The Balaban J connectivity index is 3.14. The van der Waals surface area contributed by atoms with Gasteiger partial charge in [0.15, 0.2) is 4.62 Å². The molecule has 1 aromatic carbocycles. The third-order valence-corrected chi connectivity index (χ3v) is 2.52. The van der Waals surface area contributed by atoms with Crippen molar-refractivity contribution in [2.45, 2.75) is 0 Å². The molecule has 0 aliphatic rings. The van der Waals surface area contributed by atoms with Gasteiger partial charge in [-0.05, 0) is 34.1 Å². The van der Waals surface area contributed by atoms with E-state index in [1.165, 1.54) is 18.2 Å². The number of nitrogens with zero attached hydrogens (tertiary/aromatic N) is 1. The fourth-order valence-electron chi connectivity index (χ4n) is 0.830. The van der Waals surface area contributed by atoms with Crippen molar-refractivity contribution in [3.8, 4) is 0 Å². The summed E-state index contributed by atoms with van der Waals surface area (Å²) in [5.41, 5.74) is 0.223. The number of ketones is 1. The van der Waals surface area contributed by atoms with Crippen LogP contribution in [0.5, 0.6) is 0 Å². The van der Waals surface area contributed by atoms with Gasteiger partial charge < -0.3 is 5.21 Å². The van der Waals surface area contributed by atoms with Gasteiger partial charge in [0, 0.05) is 10.6 Å². The Morgan fingerprint density at radius 2 is 2.07 bits per heavy atom. The second-order valence-electron chi connectivity index (χ2n) is 2.34. The molecule has 6 heteroatoms. The summed E-state index contributed by atoms with van der Waals surface area (Å²) in [7, 11) is 0. The Kier molecular flexibility index (Phi) is 3.92. The number of hydrogen-bond acceptors (Lipinski definition) is 3. The van der Waals surface area contributed by atoms with Crippen LogP contribution < -0.4 is 0 Å². The normalized spacial score (nSPS) is 11.5. The van der Waals surface area contributed by atoms with E-state index in [9.17, 15) is 4.79 Å². The monoisotopic (exact) mass is 295 g/mol. The van der Waals surface area contributed by atoms with Gasteiger partial charge in [0.25, 0.3) is 0 Å². The van der Waals surface area contributed by atoms with E-state index in [0.29, 0.717) is 5.02 Å². The standard InChI is InChI=1S/C8H4BrCl2NO2/c9-8(12-14)7(13)5-2-1-4(10)3-6(5)11/h1-3,14H/b12-8-. The number of carbonyl (C=O) groups is 1. The molecule has 0 unspecified atom stereocenters. The van der Waals surface area contributed by atoms with Gasteiger partial charge in [0.2, 0.25) is 5.78 Å². The fourth-order valence-corrected chi connectivity index (χ4v) is 1.54. The first kappa shape index (κ1) is 11.5. The van der Waals surface area contributed by atoms with E-state index >= 15 is 0 Å². The third-order valence-electron chi connectivity index (χ3n) is 1.45. The Morgan fingerprint density at radius 3 is 2.57 bits per heavy atom. The maximum absolute atomic E-state index is 11.4. The number of rotatable bonds is 2. The number of oxime groups is 1. The predicted molar refractivity (Wildman–Crippen MR) is 58.9 cm³/mol. The fraction of sp³-hybridized carbons (Fsp3) is 0. The second-order valence-corrected chi connectivity index (χ2v) is 3.94. The number of hydrogen-bond donors (Lipinski definition) is 1. The zero-order valence-corrected chi connectivity index (χ0v) is 9.77. The summed E-state index contributed by atoms with van der Waals surface area (Å²) in [5, 5.41) is 11.7. The van der Waals surface area contributed by atoms with Crippen molar-refractivity contribution in [3.05, 3.63) is 33.8 Å². The predicted octanol–water partition coefficient (Wildman–Crippen LogP) is 3.36. The van der Waals surface area contributed by atoms with Crippen LogP contribution in [0.25, 0.3) is 0 Å². The van der Waals surface area contributed by atoms with E-state index in [2.05, 4.69) is 21.1 Å². The number of carbonyl (C=O) groups excluding carboxylic acids is 1. The van der Waals surface area contributed by atoms with Gasteiger partial charge >= 0.3 is 0 Å². The maximum Gasteiger partial charge on any atom is 0.223 e. The van der Waals surface area contributed by atoms with E-state index in [0.717, 1.165) is 0 Å². The summed E-state index contributed by atoms with van der Waals surface area (Å²) in [6.07, 6.45) is 0. The van der Waals surface area contributed by atoms with Crippen molar-refractivity contribution in [1.82, 2.24) is 0 Å². The van der Waals surface area contributed by atoms with Gasteiger partial charge in [0.1, 0.15) is 0 Å². The number of benzene rings is 1. The molecule has 0 aliphatic heterocycles. The van der Waals surface area contributed by atoms with Gasteiger partial charge in [-0.1, -0.05) is 28.4 Å². The topological polar surface area (TPSA) is 49.7 Å². The van der Waals surface area contributed by atoms with E-state index in [1.807, 2.05) is 0 Å². The molecule has 0 saturated heterocycles. The molecule has 0 radical (unpaired) electrons. The molecule has 3 nitrogen and oxygen atoms in total. The van der Waals surface area contributed by atoms with Crippen LogP contribution >= 0.6 is 39.1 Å². The molecule has 0 atom stereocenters. The molecule has 0 saturated carbocycles. The molecular formula is C8H4BrCl2NO2. The first-order chi connectivity index (χ1) is 6.56. The summed E-state index contributed by atoms with van der Waals surface area (Å²) in [5.74, 6) is -0.505. The lowest BCUT2D eigenvalue weighted by atomic mass is 10.1. The molecule has 1 aromatic rings. The highest BCUT2D eigenvalue weighted by Gasteiger charge is 2.15. The maximum atomic E-state index is 11.4. The van der Waals surface area contributed by atoms with E-state index in [1.54, 1.807) is 0 Å². The first-order valence-electron chi connectivity index (χ1n) is 3.43. The summed E-state index contributed by atoms with van der Waals surface area (Å²) < 4.78 is -0.207. The molecule has 0 aliphatic carbocycles. The van der Waals surface area contributed by atoms with Crippen LogP contribution in [0.3, 0.4) is 0 Å². The molecule has 14 heavy (non-hydrogen) atoms. The lowest BCUT2D eigenvalue weighted by Crippen LogP contribution is -2.08. The van der Waals surface area contributed by atoms with Crippen molar-refractivity contribution in [2.24, 2.45) is 5.16 Å². The highest BCUT2D eigenvalue weighted by Crippen LogP contribution is 2.22. The van der Waals surface area contributed by atoms with Gasteiger partial charge in [-0.3, -0.25) is 4.79 Å². The molecule has 0 amide bonds. The second kappa shape index (κ2) is 4.77. The van der Waals surface area contributed by atoms with Crippen molar-refractivity contribution >= 4 is 49.5 Å². The molecule has 1 rings (SSSR count). The van der Waals surface area contributed by atoms with E-state index in [4.69, 9.17) is 28.4 Å². The van der Waals surface area contributed by atoms with Gasteiger partial charge in [-0.2, -0.15) is 0 Å². The Labute approximate surface area is 98.4 Å². The summed E-state index contributed by atoms with van der Waals surface area (Å²) >= 11 is 14.2. The van der Waals surface area contributed by atoms with E-state index in [-0.39, 0.29) is 15.2 Å². The zero-order valence-electron chi connectivity index (χ0n) is 6.67. The lowest BCUT2D eigenvalue weighted by Gasteiger charge is -2.00. The van der Waals surface area contributed by atoms with Crippen molar-refractivity contribution < 1.29 is 10.0 Å². The van der Waals surface area contributed by atoms with Crippen LogP contribution in [-0.2, 0) is 0 Å². The van der Waals surface area contributed by atoms with Crippen molar-refractivity contribution in [3.63, 3.8) is 0 Å². The quantitative estimate of drug-likeness (QED) is 0.394. The molecule has 74 valence electrons. The average molecular weight is 297 g/mol. The Morgan fingerprint density at radius 1 is 1.43 bits per heavy atom. The molecule has 0 aromatic heterocycles. The third kappa shape index (κ3) is 2.47. The summed E-state index contributed by atoms with van der Waals surface area (Å²) in [6, 6.07) is 4.42. The first-order valence-corrected chi connectivity index (χ1v) is 4.98. The number of Topliss-reactive ketones (excluding diaryl/α,β-unsaturated/α-hetero) is 1. The molecule has 0 spiro atoms. The smallest absolute Gasteiger partial charge is 0.223 e. The van der Waals surface area contributed by atoms with Crippen LogP contribution in [0.1, 0.15) is 10.4 Å². The molecule has 0 bridgehead atoms. The minimum atomic E-state index is -0.505. The van der Waals surface area contributed by atoms with Gasteiger partial charge in [-0.25, -0.2) is 0 Å². The summed E-state index contributed by atoms with van der Waals surface area (Å²) in [4.78, 5) is 11.4. The summed E-state index contributed by atoms with van der Waals surface area (Å²) in [6.45, 7) is 0. The Hall–Kier alpha value is -0.580. The number of halogens is 3. The molecule has 1 N–H and O–H groups in total. The average Bonchev–Trinajstić information content (AvgIpc) is 2.15. The van der Waals surface area contributed by atoms with E-state index < -0.39 is 5.78 Å². The van der Waals surface area contributed by atoms with Crippen LogP contribution in [-0.4, -0.2) is 15.6 Å². The van der Waals surface area contributed by atoms with Crippen molar-refractivity contribution in [2.75, 3.05) is 0 Å². The largest absolute Gasteiger partial charge is 0.410 e. The minimum Gasteiger partial charge on any atom is -0.410 e. The van der Waals surface area contributed by atoms with Gasteiger partial charge in [-0.15, -0.1) is 0 Å². The van der Waals surface area contributed by atoms with Crippen LogP contribution in [0.15, 0.2) is 23.4 Å².